The fourth-order valence-electron chi connectivity index (χ4n) is 3.27. The van der Waals surface area contributed by atoms with Gasteiger partial charge in [0.25, 0.3) is 21.5 Å². The van der Waals surface area contributed by atoms with Crippen molar-refractivity contribution in [3.63, 3.8) is 0 Å². The summed E-state index contributed by atoms with van der Waals surface area (Å²) in [5.41, 5.74) is -0.0565. The van der Waals surface area contributed by atoms with Gasteiger partial charge >= 0.3 is 0 Å². The van der Waals surface area contributed by atoms with Gasteiger partial charge in [0.2, 0.25) is 0 Å². The Morgan fingerprint density at radius 2 is 1.93 bits per heavy atom. The summed E-state index contributed by atoms with van der Waals surface area (Å²) in [5.74, 6) is -0.547. The number of rotatable bonds is 5. The minimum Gasteiger partial charge on any atom is -0.347 e. The van der Waals surface area contributed by atoms with E-state index in [-0.39, 0.29) is 16.3 Å². The maximum Gasteiger partial charge on any atom is 0.270 e. The molecule has 3 aromatic heterocycles. The standard InChI is InChI=1S/C19H20N4O4S2/c24-18(15-13-20-16-6-2-5-11-23(16)19(15)25)21-12-14-7-8-17(28-14)29(26,27)22-9-3-1-4-10-22/h2,5-8,11,13H,1,3-4,9-10,12H2,(H,21,24). The molecule has 1 fully saturated rings. The zero-order valence-electron chi connectivity index (χ0n) is 15.6. The molecule has 1 aliphatic rings. The molecule has 0 aliphatic carbocycles. The number of nitrogens with zero attached hydrogens (tertiary/aromatic N) is 3. The number of amides is 1. The van der Waals surface area contributed by atoms with Gasteiger partial charge in [-0.1, -0.05) is 12.5 Å². The van der Waals surface area contributed by atoms with Crippen molar-refractivity contribution in [3.8, 4) is 0 Å². The number of aromatic nitrogens is 2. The molecule has 1 aliphatic heterocycles. The first-order chi connectivity index (χ1) is 14.0. The predicted octanol–water partition coefficient (Wildman–Crippen LogP) is 1.86. The van der Waals surface area contributed by atoms with Crippen LogP contribution >= 0.6 is 11.3 Å². The Morgan fingerprint density at radius 3 is 2.72 bits per heavy atom. The summed E-state index contributed by atoms with van der Waals surface area (Å²) in [5, 5.41) is 2.67. The molecular formula is C19H20N4O4S2. The topological polar surface area (TPSA) is 101 Å². The molecule has 0 atom stereocenters. The Balaban J connectivity index is 1.47. The van der Waals surface area contributed by atoms with E-state index in [1.807, 2.05) is 0 Å². The van der Waals surface area contributed by atoms with Crippen molar-refractivity contribution in [2.75, 3.05) is 13.1 Å². The zero-order valence-corrected chi connectivity index (χ0v) is 17.2. The van der Waals surface area contributed by atoms with Crippen molar-refractivity contribution in [1.82, 2.24) is 19.0 Å². The van der Waals surface area contributed by atoms with Crippen LogP contribution in [0.4, 0.5) is 0 Å². The van der Waals surface area contributed by atoms with Gasteiger partial charge < -0.3 is 5.32 Å². The van der Waals surface area contributed by atoms with E-state index in [9.17, 15) is 18.0 Å². The molecule has 3 aromatic rings. The summed E-state index contributed by atoms with van der Waals surface area (Å²) < 4.78 is 28.6. The van der Waals surface area contributed by atoms with Gasteiger partial charge in [-0.2, -0.15) is 4.31 Å². The van der Waals surface area contributed by atoms with E-state index in [1.165, 1.54) is 14.9 Å². The maximum absolute atomic E-state index is 12.7. The summed E-state index contributed by atoms with van der Waals surface area (Å²) in [6, 6.07) is 8.39. The molecular weight excluding hydrogens is 412 g/mol. The van der Waals surface area contributed by atoms with Crippen molar-refractivity contribution in [2.45, 2.75) is 30.0 Å². The molecule has 10 heteroatoms. The van der Waals surface area contributed by atoms with Crippen LogP contribution in [0.1, 0.15) is 34.5 Å². The first-order valence-corrected chi connectivity index (χ1v) is 11.6. The van der Waals surface area contributed by atoms with E-state index in [4.69, 9.17) is 0 Å². The van der Waals surface area contributed by atoms with E-state index in [0.29, 0.717) is 23.6 Å². The number of hydrogen-bond donors (Lipinski definition) is 1. The van der Waals surface area contributed by atoms with Gasteiger partial charge in [-0.25, -0.2) is 13.4 Å². The first kappa shape index (κ1) is 19.7. The fourth-order valence-corrected chi connectivity index (χ4v) is 6.24. The van der Waals surface area contributed by atoms with Gasteiger partial charge in [0, 0.05) is 30.4 Å². The Bertz CT molecular complexity index is 1210. The molecule has 4 rings (SSSR count). The second-order valence-corrected chi connectivity index (χ2v) is 10.1. The third kappa shape index (κ3) is 3.96. The Kier molecular flexibility index (Phi) is 5.48. The molecule has 0 spiro atoms. The smallest absolute Gasteiger partial charge is 0.270 e. The molecule has 8 nitrogen and oxygen atoms in total. The van der Waals surface area contributed by atoms with Crippen LogP contribution in [0.5, 0.6) is 0 Å². The number of fused-ring (bicyclic) bond motifs is 1. The summed E-state index contributed by atoms with van der Waals surface area (Å²) in [4.78, 5) is 29.7. The van der Waals surface area contributed by atoms with Crippen LogP contribution in [-0.4, -0.2) is 41.1 Å². The minimum absolute atomic E-state index is 0.0635. The Morgan fingerprint density at radius 1 is 1.14 bits per heavy atom. The molecule has 0 unspecified atom stereocenters. The fraction of sp³-hybridized carbons (Fsp3) is 0.316. The molecule has 1 saturated heterocycles. The van der Waals surface area contributed by atoms with Crippen molar-refractivity contribution in [2.24, 2.45) is 0 Å². The van der Waals surface area contributed by atoms with Crippen molar-refractivity contribution >= 4 is 32.9 Å². The van der Waals surface area contributed by atoms with Crippen molar-refractivity contribution < 1.29 is 13.2 Å². The monoisotopic (exact) mass is 432 g/mol. The molecule has 1 N–H and O–H groups in total. The quantitative estimate of drug-likeness (QED) is 0.663. The lowest BCUT2D eigenvalue weighted by Gasteiger charge is -2.25. The van der Waals surface area contributed by atoms with Gasteiger partial charge in [0.15, 0.2) is 0 Å². The average Bonchev–Trinajstić information content (AvgIpc) is 3.23. The molecule has 4 heterocycles. The minimum atomic E-state index is -3.49. The number of carbonyl (C=O) groups excluding carboxylic acids is 1. The number of hydrogen-bond acceptors (Lipinski definition) is 6. The zero-order chi connectivity index (χ0) is 20.4. The van der Waals surface area contributed by atoms with E-state index in [2.05, 4.69) is 10.3 Å². The summed E-state index contributed by atoms with van der Waals surface area (Å²) >= 11 is 1.13. The summed E-state index contributed by atoms with van der Waals surface area (Å²) in [6.45, 7) is 1.23. The number of pyridine rings is 1. The molecule has 0 aromatic carbocycles. The van der Waals surface area contributed by atoms with Crippen LogP contribution < -0.4 is 10.9 Å². The molecule has 152 valence electrons. The number of piperidine rings is 1. The molecule has 29 heavy (non-hydrogen) atoms. The van der Waals surface area contributed by atoms with Crippen LogP contribution in [0.2, 0.25) is 0 Å². The van der Waals surface area contributed by atoms with Crippen LogP contribution in [0, 0.1) is 0 Å². The highest BCUT2D eigenvalue weighted by molar-refractivity contribution is 7.91. The lowest BCUT2D eigenvalue weighted by atomic mass is 10.2. The maximum atomic E-state index is 12.7. The van der Waals surface area contributed by atoms with Gasteiger partial charge in [0.05, 0.1) is 6.54 Å². The predicted molar refractivity (Wildman–Crippen MR) is 110 cm³/mol. The van der Waals surface area contributed by atoms with E-state index in [0.717, 1.165) is 30.6 Å². The van der Waals surface area contributed by atoms with E-state index in [1.54, 1.807) is 36.5 Å². The van der Waals surface area contributed by atoms with Crippen LogP contribution in [0.3, 0.4) is 0 Å². The van der Waals surface area contributed by atoms with Gasteiger partial charge in [0.1, 0.15) is 15.4 Å². The number of thiophene rings is 1. The first-order valence-electron chi connectivity index (χ1n) is 9.30. The Hall–Kier alpha value is -2.56. The van der Waals surface area contributed by atoms with E-state index < -0.39 is 21.5 Å². The highest BCUT2D eigenvalue weighted by Crippen LogP contribution is 2.27. The third-order valence-corrected chi connectivity index (χ3v) is 8.28. The summed E-state index contributed by atoms with van der Waals surface area (Å²) in [6.07, 6.45) is 5.62. The van der Waals surface area contributed by atoms with Crippen molar-refractivity contribution in [3.05, 3.63) is 63.5 Å². The molecule has 0 bridgehead atoms. The van der Waals surface area contributed by atoms with Crippen LogP contribution in [-0.2, 0) is 16.6 Å². The molecule has 0 radical (unpaired) electrons. The second kappa shape index (κ2) is 8.05. The largest absolute Gasteiger partial charge is 0.347 e. The number of sulfonamides is 1. The van der Waals surface area contributed by atoms with Crippen LogP contribution in [0.25, 0.3) is 5.65 Å². The second-order valence-electron chi connectivity index (χ2n) is 6.77. The van der Waals surface area contributed by atoms with Crippen molar-refractivity contribution in [1.29, 1.82) is 0 Å². The SMILES string of the molecule is O=C(NCc1ccc(S(=O)(=O)N2CCCCC2)s1)c1cnc2ccccn2c1=O. The number of carbonyl (C=O) groups is 1. The number of nitrogens with one attached hydrogen (secondary N) is 1. The van der Waals surface area contributed by atoms with Gasteiger partial charge in [-0.15, -0.1) is 11.3 Å². The highest BCUT2D eigenvalue weighted by Gasteiger charge is 2.27. The van der Waals surface area contributed by atoms with E-state index >= 15 is 0 Å². The van der Waals surface area contributed by atoms with Gasteiger partial charge in [-0.05, 0) is 37.1 Å². The molecule has 1 amide bonds. The van der Waals surface area contributed by atoms with Crippen LogP contribution in [0.15, 0.2) is 51.7 Å². The lowest BCUT2D eigenvalue weighted by Crippen LogP contribution is -2.35. The highest BCUT2D eigenvalue weighted by atomic mass is 32.2. The lowest BCUT2D eigenvalue weighted by molar-refractivity contribution is 0.0949. The normalized spacial score (nSPS) is 15.4. The Labute approximate surface area is 171 Å². The molecule has 0 saturated carbocycles. The van der Waals surface area contributed by atoms with Gasteiger partial charge in [-0.3, -0.25) is 14.0 Å². The third-order valence-electron chi connectivity index (χ3n) is 4.83. The average molecular weight is 433 g/mol. The summed E-state index contributed by atoms with van der Waals surface area (Å²) in [7, 11) is -3.49.